The van der Waals surface area contributed by atoms with Crippen LogP contribution in [0, 0.1) is 0 Å². The summed E-state index contributed by atoms with van der Waals surface area (Å²) in [5, 5.41) is 25.0. The first-order valence-electron chi connectivity index (χ1n) is 9.07. The van der Waals surface area contributed by atoms with E-state index in [1.807, 2.05) is 30.3 Å². The zero-order valence-electron chi connectivity index (χ0n) is 17.6. The van der Waals surface area contributed by atoms with Crippen molar-refractivity contribution in [2.45, 2.75) is 59.2 Å². The van der Waals surface area contributed by atoms with Crippen molar-refractivity contribution in [3.63, 3.8) is 0 Å². The Balaban J connectivity index is 0.000000271. The number of rotatable bonds is 4. The molecule has 0 radical (unpaired) electrons. The fourth-order valence-electron chi connectivity index (χ4n) is 2.33. The van der Waals surface area contributed by atoms with Crippen molar-refractivity contribution in [2.75, 3.05) is 17.7 Å². The molecule has 0 aliphatic carbocycles. The van der Waals surface area contributed by atoms with Crippen LogP contribution >= 0.6 is 0 Å². The molecular formula is C22H34N2O3. The fraction of sp³-hybridized carbons (Fsp3) is 0.455. The van der Waals surface area contributed by atoms with Crippen LogP contribution in [0.3, 0.4) is 0 Å². The van der Waals surface area contributed by atoms with Crippen molar-refractivity contribution in [1.29, 1.82) is 0 Å². The van der Waals surface area contributed by atoms with E-state index in [4.69, 9.17) is 9.84 Å². The van der Waals surface area contributed by atoms with Crippen molar-refractivity contribution in [1.82, 2.24) is 0 Å². The summed E-state index contributed by atoms with van der Waals surface area (Å²) in [7, 11) is 1.53. The van der Waals surface area contributed by atoms with E-state index in [1.54, 1.807) is 12.1 Å². The molecule has 150 valence electrons. The van der Waals surface area contributed by atoms with E-state index in [1.165, 1.54) is 7.11 Å². The third-order valence-corrected chi connectivity index (χ3v) is 3.35. The number of phenols is 1. The van der Waals surface area contributed by atoms with E-state index in [9.17, 15) is 5.11 Å². The molecule has 0 heterocycles. The Morgan fingerprint density at radius 2 is 1.30 bits per heavy atom. The van der Waals surface area contributed by atoms with Crippen molar-refractivity contribution < 1.29 is 14.9 Å². The summed E-state index contributed by atoms with van der Waals surface area (Å²) in [5.74, 6) is 0.645. The maximum atomic E-state index is 9.52. The van der Waals surface area contributed by atoms with Crippen LogP contribution in [0.1, 0.15) is 47.1 Å². The normalized spacial score (nSPS) is 11.3. The first-order chi connectivity index (χ1) is 12.4. The third-order valence-electron chi connectivity index (χ3n) is 3.35. The summed E-state index contributed by atoms with van der Waals surface area (Å²) in [6.45, 7) is 12.7. The molecule has 27 heavy (non-hydrogen) atoms. The quantitative estimate of drug-likeness (QED) is 0.606. The molecule has 2 rings (SSSR count). The van der Waals surface area contributed by atoms with Gasteiger partial charge in [-0.25, -0.2) is 0 Å². The highest BCUT2D eigenvalue weighted by Gasteiger charge is 2.10. The Bertz CT molecular complexity index is 699. The Hall–Kier alpha value is -2.40. The molecule has 4 N–H and O–H groups in total. The second kappa shape index (κ2) is 9.51. The lowest BCUT2D eigenvalue weighted by Crippen LogP contribution is -2.25. The number of hydrogen-bond acceptors (Lipinski definition) is 5. The van der Waals surface area contributed by atoms with E-state index in [-0.39, 0.29) is 23.4 Å². The number of methoxy groups -OCH3 is 1. The lowest BCUT2D eigenvalue weighted by molar-refractivity contribution is 0.282. The summed E-state index contributed by atoms with van der Waals surface area (Å²) in [6.07, 6.45) is 0. The summed E-state index contributed by atoms with van der Waals surface area (Å²) in [6, 6.07) is 13.1. The minimum Gasteiger partial charge on any atom is -0.504 e. The molecule has 0 fully saturated rings. The van der Waals surface area contributed by atoms with Crippen LogP contribution in [-0.2, 0) is 6.61 Å². The van der Waals surface area contributed by atoms with Crippen molar-refractivity contribution in [3.05, 3.63) is 48.0 Å². The molecule has 2 aromatic rings. The van der Waals surface area contributed by atoms with E-state index in [0.717, 1.165) is 16.9 Å². The van der Waals surface area contributed by atoms with Gasteiger partial charge < -0.3 is 25.6 Å². The molecule has 0 spiro atoms. The Labute approximate surface area is 163 Å². The standard InChI is InChI=1S/C11H17NO2.C11H17NO/c1-11(2,3)12-8-5-6-10(14-4)9(13)7-8;1-11(2,3)12-10-6-4-9(8-13)5-7-10/h5-7,12-13H,1-4H3;4-7,12-13H,8H2,1-3H3. The van der Waals surface area contributed by atoms with Gasteiger partial charge in [0, 0.05) is 28.5 Å². The van der Waals surface area contributed by atoms with Crippen LogP contribution in [0.2, 0.25) is 0 Å². The highest BCUT2D eigenvalue weighted by atomic mass is 16.5. The monoisotopic (exact) mass is 374 g/mol. The molecule has 2 aromatic carbocycles. The maximum absolute atomic E-state index is 9.52. The molecule has 5 heteroatoms. The van der Waals surface area contributed by atoms with Gasteiger partial charge >= 0.3 is 0 Å². The van der Waals surface area contributed by atoms with E-state index in [2.05, 4.69) is 52.2 Å². The summed E-state index contributed by atoms with van der Waals surface area (Å²) in [4.78, 5) is 0. The SMILES string of the molecule is CC(C)(C)Nc1ccc(CO)cc1.COc1ccc(NC(C)(C)C)cc1O. The van der Waals surface area contributed by atoms with Gasteiger partial charge in [-0.05, 0) is 71.4 Å². The van der Waals surface area contributed by atoms with Crippen LogP contribution in [0.4, 0.5) is 11.4 Å². The highest BCUT2D eigenvalue weighted by molar-refractivity contribution is 5.55. The molecule has 0 saturated carbocycles. The molecule has 0 saturated heterocycles. The second-order valence-electron chi connectivity index (χ2n) is 8.49. The highest BCUT2D eigenvalue weighted by Crippen LogP contribution is 2.29. The van der Waals surface area contributed by atoms with Crippen molar-refractivity contribution in [2.24, 2.45) is 0 Å². The van der Waals surface area contributed by atoms with Gasteiger partial charge in [0.05, 0.1) is 13.7 Å². The average molecular weight is 375 g/mol. The second-order valence-corrected chi connectivity index (χ2v) is 8.49. The third kappa shape index (κ3) is 9.20. The van der Waals surface area contributed by atoms with E-state index >= 15 is 0 Å². The summed E-state index contributed by atoms with van der Waals surface area (Å²) < 4.78 is 4.95. The van der Waals surface area contributed by atoms with Crippen molar-refractivity contribution in [3.8, 4) is 11.5 Å². The fourth-order valence-corrected chi connectivity index (χ4v) is 2.33. The van der Waals surface area contributed by atoms with Crippen LogP contribution in [-0.4, -0.2) is 28.4 Å². The Kier molecular flexibility index (Phi) is 7.98. The van der Waals surface area contributed by atoms with E-state index < -0.39 is 0 Å². The number of nitrogens with one attached hydrogen (secondary N) is 2. The number of anilines is 2. The van der Waals surface area contributed by atoms with Gasteiger partial charge in [0.15, 0.2) is 11.5 Å². The number of hydrogen-bond donors (Lipinski definition) is 4. The predicted molar refractivity (Wildman–Crippen MR) is 114 cm³/mol. The first-order valence-corrected chi connectivity index (χ1v) is 9.07. The van der Waals surface area contributed by atoms with Crippen LogP contribution in [0.5, 0.6) is 11.5 Å². The molecule has 0 aliphatic heterocycles. The lowest BCUT2D eigenvalue weighted by atomic mass is 10.1. The lowest BCUT2D eigenvalue weighted by Gasteiger charge is -2.22. The van der Waals surface area contributed by atoms with Gasteiger partial charge in [0.2, 0.25) is 0 Å². The topological polar surface area (TPSA) is 73.8 Å². The first kappa shape index (κ1) is 22.6. The molecular weight excluding hydrogens is 340 g/mol. The molecule has 0 bridgehead atoms. The Morgan fingerprint density at radius 1 is 0.815 bits per heavy atom. The van der Waals surface area contributed by atoms with Gasteiger partial charge in [-0.15, -0.1) is 0 Å². The minimum atomic E-state index is -0.0129. The van der Waals surface area contributed by atoms with Crippen molar-refractivity contribution >= 4 is 11.4 Å². The molecule has 0 amide bonds. The van der Waals surface area contributed by atoms with Crippen LogP contribution < -0.4 is 15.4 Å². The summed E-state index contributed by atoms with van der Waals surface area (Å²) >= 11 is 0. The smallest absolute Gasteiger partial charge is 0.160 e. The van der Waals surface area contributed by atoms with Gasteiger partial charge in [-0.3, -0.25) is 0 Å². The molecule has 0 atom stereocenters. The maximum Gasteiger partial charge on any atom is 0.160 e. The van der Waals surface area contributed by atoms with Crippen LogP contribution in [0.25, 0.3) is 0 Å². The predicted octanol–water partition coefficient (Wildman–Crippen LogP) is 5.00. The number of benzene rings is 2. The molecule has 0 aliphatic rings. The zero-order chi connectivity index (χ0) is 20.7. The van der Waals surface area contributed by atoms with E-state index in [0.29, 0.717) is 5.75 Å². The average Bonchev–Trinajstić information content (AvgIpc) is 2.53. The van der Waals surface area contributed by atoms with Gasteiger partial charge in [-0.2, -0.15) is 0 Å². The molecule has 0 unspecified atom stereocenters. The van der Waals surface area contributed by atoms with Gasteiger partial charge in [0.1, 0.15) is 0 Å². The summed E-state index contributed by atoms with van der Waals surface area (Å²) in [5.41, 5.74) is 2.99. The largest absolute Gasteiger partial charge is 0.504 e. The number of phenolic OH excluding ortho intramolecular Hbond substituents is 1. The van der Waals surface area contributed by atoms with Crippen LogP contribution in [0.15, 0.2) is 42.5 Å². The minimum absolute atomic E-state index is 0.0129. The molecule has 5 nitrogen and oxygen atoms in total. The molecule has 0 aromatic heterocycles. The van der Waals surface area contributed by atoms with Gasteiger partial charge in [-0.1, -0.05) is 12.1 Å². The number of ether oxygens (including phenoxy) is 1. The number of aliphatic hydroxyl groups excluding tert-OH is 1. The van der Waals surface area contributed by atoms with Gasteiger partial charge in [0.25, 0.3) is 0 Å². The Morgan fingerprint density at radius 3 is 1.70 bits per heavy atom. The zero-order valence-corrected chi connectivity index (χ0v) is 17.6. The number of aliphatic hydroxyl groups is 1. The number of aromatic hydroxyl groups is 1.